The van der Waals surface area contributed by atoms with E-state index < -0.39 is 0 Å². The van der Waals surface area contributed by atoms with Gasteiger partial charge in [0.1, 0.15) is 0 Å². The van der Waals surface area contributed by atoms with E-state index in [4.69, 9.17) is 0 Å². The molecule has 2 amide bonds. The maximum atomic E-state index is 11.6. The molecule has 0 aromatic rings. The molecule has 0 aromatic heterocycles. The molecule has 2 fully saturated rings. The minimum atomic E-state index is 0.258. The molecule has 2 saturated heterocycles. The molecule has 2 heterocycles. The van der Waals surface area contributed by atoms with Gasteiger partial charge in [0.15, 0.2) is 0 Å². The number of hydrogen-bond donors (Lipinski definition) is 0. The van der Waals surface area contributed by atoms with Gasteiger partial charge in [-0.25, -0.2) is 0 Å². The maximum absolute atomic E-state index is 11.6. The van der Waals surface area contributed by atoms with Crippen LogP contribution in [0.4, 0.5) is 0 Å². The largest absolute Gasteiger partial charge is 0.340 e. The van der Waals surface area contributed by atoms with Crippen LogP contribution in [0, 0.1) is 0 Å². The van der Waals surface area contributed by atoms with Crippen molar-refractivity contribution in [3.05, 3.63) is 0 Å². The Hall–Kier alpha value is -1.06. The minimum Gasteiger partial charge on any atom is -0.340 e. The highest BCUT2D eigenvalue weighted by atomic mass is 16.2. The van der Waals surface area contributed by atoms with Crippen LogP contribution in [0.25, 0.3) is 0 Å². The van der Waals surface area contributed by atoms with Crippen molar-refractivity contribution < 1.29 is 9.59 Å². The minimum absolute atomic E-state index is 0.258. The second-order valence-electron chi connectivity index (χ2n) is 5.32. The molecule has 0 aromatic carbocycles. The van der Waals surface area contributed by atoms with Crippen LogP contribution >= 0.6 is 0 Å². The van der Waals surface area contributed by atoms with Crippen LogP contribution in [-0.4, -0.2) is 46.8 Å². The van der Waals surface area contributed by atoms with Gasteiger partial charge in [0.25, 0.3) is 0 Å². The van der Waals surface area contributed by atoms with E-state index in [1.807, 2.05) is 9.80 Å². The fraction of sp³-hybridized carbons (Fsp3) is 0.846. The van der Waals surface area contributed by atoms with Crippen LogP contribution < -0.4 is 0 Å². The van der Waals surface area contributed by atoms with E-state index in [1.165, 1.54) is 0 Å². The van der Waals surface area contributed by atoms with E-state index in [-0.39, 0.29) is 23.9 Å². The first-order valence-electron chi connectivity index (χ1n) is 6.68. The molecule has 4 heteroatoms. The first-order chi connectivity index (χ1) is 8.09. The van der Waals surface area contributed by atoms with Gasteiger partial charge in [-0.1, -0.05) is 0 Å². The number of hydrogen-bond acceptors (Lipinski definition) is 2. The highest BCUT2D eigenvalue weighted by molar-refractivity contribution is 5.79. The molecule has 0 spiro atoms. The van der Waals surface area contributed by atoms with Crippen molar-refractivity contribution in [1.29, 1.82) is 0 Å². The average Bonchev–Trinajstić information content (AvgIpc) is 2.86. The Labute approximate surface area is 103 Å². The summed E-state index contributed by atoms with van der Waals surface area (Å²) in [5.74, 6) is 0.551. The van der Waals surface area contributed by atoms with E-state index in [0.717, 1.165) is 32.4 Å². The van der Waals surface area contributed by atoms with Gasteiger partial charge in [-0.15, -0.1) is 0 Å². The summed E-state index contributed by atoms with van der Waals surface area (Å²) in [4.78, 5) is 27.2. The fourth-order valence-electron chi connectivity index (χ4n) is 3.02. The SMILES string of the molecule is CC(CC(C)N1CCCC1=O)N1CCCC1=O. The third-order valence-corrected chi connectivity index (χ3v) is 3.97. The van der Waals surface area contributed by atoms with Crippen molar-refractivity contribution in [2.24, 2.45) is 0 Å². The molecule has 0 saturated carbocycles. The van der Waals surface area contributed by atoms with Gasteiger partial charge in [-0.3, -0.25) is 9.59 Å². The fourth-order valence-corrected chi connectivity index (χ4v) is 3.02. The van der Waals surface area contributed by atoms with Crippen LogP contribution in [-0.2, 0) is 9.59 Å². The first-order valence-corrected chi connectivity index (χ1v) is 6.68. The predicted octanol–water partition coefficient (Wildman–Crippen LogP) is 1.40. The zero-order chi connectivity index (χ0) is 12.4. The van der Waals surface area contributed by atoms with E-state index in [9.17, 15) is 9.59 Å². The van der Waals surface area contributed by atoms with Crippen molar-refractivity contribution in [1.82, 2.24) is 9.80 Å². The zero-order valence-electron chi connectivity index (χ0n) is 10.8. The Morgan fingerprint density at radius 1 is 0.941 bits per heavy atom. The molecule has 0 aliphatic carbocycles. The second-order valence-corrected chi connectivity index (χ2v) is 5.32. The van der Waals surface area contributed by atoms with E-state index in [1.54, 1.807) is 0 Å². The molecular weight excluding hydrogens is 216 g/mol. The summed E-state index contributed by atoms with van der Waals surface area (Å²) < 4.78 is 0. The van der Waals surface area contributed by atoms with Crippen LogP contribution in [0.1, 0.15) is 46.0 Å². The van der Waals surface area contributed by atoms with Crippen molar-refractivity contribution in [2.75, 3.05) is 13.1 Å². The highest BCUT2D eigenvalue weighted by Gasteiger charge is 2.30. The molecule has 17 heavy (non-hydrogen) atoms. The first kappa shape index (κ1) is 12.4. The number of rotatable bonds is 4. The zero-order valence-corrected chi connectivity index (χ0v) is 10.8. The summed E-state index contributed by atoms with van der Waals surface area (Å²) in [6.07, 6.45) is 4.26. The number of likely N-dealkylation sites (tertiary alicyclic amines) is 2. The lowest BCUT2D eigenvalue weighted by atomic mass is 10.1. The second kappa shape index (κ2) is 5.07. The van der Waals surface area contributed by atoms with Crippen molar-refractivity contribution in [3.8, 4) is 0 Å². The molecule has 96 valence electrons. The Balaban J connectivity index is 1.87. The number of amides is 2. The molecule has 2 aliphatic heterocycles. The Morgan fingerprint density at radius 2 is 1.35 bits per heavy atom. The van der Waals surface area contributed by atoms with Gasteiger partial charge in [-0.2, -0.15) is 0 Å². The molecular formula is C13H22N2O2. The van der Waals surface area contributed by atoms with Crippen molar-refractivity contribution >= 4 is 11.8 Å². The molecule has 2 rings (SSSR count). The Bertz CT molecular complexity index is 287. The smallest absolute Gasteiger partial charge is 0.222 e. The summed E-state index contributed by atoms with van der Waals surface area (Å²) in [6, 6.07) is 0.516. The number of carbonyl (C=O) groups is 2. The van der Waals surface area contributed by atoms with Gasteiger partial charge in [0.05, 0.1) is 0 Å². The molecule has 2 unspecified atom stereocenters. The van der Waals surface area contributed by atoms with Crippen molar-refractivity contribution in [2.45, 2.75) is 58.0 Å². The molecule has 2 aliphatic rings. The summed E-state index contributed by atoms with van der Waals surface area (Å²) in [6.45, 7) is 5.97. The Kier molecular flexibility index (Phi) is 3.69. The van der Waals surface area contributed by atoms with Crippen LogP contribution in [0.5, 0.6) is 0 Å². The van der Waals surface area contributed by atoms with Gasteiger partial charge in [-0.05, 0) is 33.1 Å². The summed E-state index contributed by atoms with van der Waals surface area (Å²) in [5.41, 5.74) is 0. The van der Waals surface area contributed by atoms with Crippen LogP contribution in [0.15, 0.2) is 0 Å². The third kappa shape index (κ3) is 2.61. The summed E-state index contributed by atoms with van der Waals surface area (Å²) in [5, 5.41) is 0. The van der Waals surface area contributed by atoms with E-state index in [0.29, 0.717) is 12.8 Å². The maximum Gasteiger partial charge on any atom is 0.222 e. The number of nitrogens with zero attached hydrogens (tertiary/aromatic N) is 2. The van der Waals surface area contributed by atoms with E-state index in [2.05, 4.69) is 13.8 Å². The lowest BCUT2D eigenvalue weighted by molar-refractivity contribution is -0.130. The lowest BCUT2D eigenvalue weighted by Gasteiger charge is -2.31. The number of carbonyl (C=O) groups excluding carboxylic acids is 2. The molecule has 0 N–H and O–H groups in total. The van der Waals surface area contributed by atoms with Gasteiger partial charge < -0.3 is 9.80 Å². The monoisotopic (exact) mass is 238 g/mol. The van der Waals surface area contributed by atoms with Crippen molar-refractivity contribution in [3.63, 3.8) is 0 Å². The third-order valence-electron chi connectivity index (χ3n) is 3.97. The van der Waals surface area contributed by atoms with Gasteiger partial charge in [0.2, 0.25) is 11.8 Å². The summed E-state index contributed by atoms with van der Waals surface area (Å²) >= 11 is 0. The molecule has 2 atom stereocenters. The van der Waals surface area contributed by atoms with E-state index >= 15 is 0 Å². The lowest BCUT2D eigenvalue weighted by Crippen LogP contribution is -2.41. The topological polar surface area (TPSA) is 40.6 Å². The van der Waals surface area contributed by atoms with Crippen LogP contribution in [0.3, 0.4) is 0 Å². The van der Waals surface area contributed by atoms with Gasteiger partial charge >= 0.3 is 0 Å². The predicted molar refractivity (Wildman–Crippen MR) is 65.4 cm³/mol. The molecule has 0 bridgehead atoms. The average molecular weight is 238 g/mol. The molecule has 0 radical (unpaired) electrons. The normalized spacial score (nSPS) is 24.6. The molecule has 4 nitrogen and oxygen atoms in total. The van der Waals surface area contributed by atoms with Crippen LogP contribution in [0.2, 0.25) is 0 Å². The Morgan fingerprint density at radius 3 is 1.65 bits per heavy atom. The van der Waals surface area contributed by atoms with Gasteiger partial charge in [0, 0.05) is 38.0 Å². The standard InChI is InChI=1S/C13H22N2O2/c1-10(14-7-3-5-12(14)16)9-11(2)15-8-4-6-13(15)17/h10-11H,3-9H2,1-2H3. The quantitative estimate of drug-likeness (QED) is 0.742. The summed E-state index contributed by atoms with van der Waals surface area (Å²) in [7, 11) is 0. The highest BCUT2D eigenvalue weighted by Crippen LogP contribution is 2.21.